The Kier molecular flexibility index (Phi) is 8.20. The highest BCUT2D eigenvalue weighted by Crippen LogP contribution is 1.84. The Hall–Kier alpha value is -0.520. The van der Waals surface area contributed by atoms with Crippen molar-refractivity contribution in [1.82, 2.24) is 10.6 Å². The third-order valence-corrected chi connectivity index (χ3v) is 1.38. The van der Waals surface area contributed by atoms with Crippen molar-refractivity contribution in [1.29, 1.82) is 0 Å². The standard InChI is InChI=1S/C10H20N2/c1-10(2)6-4-8-12-9-5-7-11-3/h10-12H,5,7-9H2,1-3H3. The van der Waals surface area contributed by atoms with Crippen LogP contribution < -0.4 is 10.6 Å². The zero-order chi connectivity index (χ0) is 9.23. The quantitative estimate of drug-likeness (QED) is 0.469. The van der Waals surface area contributed by atoms with Gasteiger partial charge < -0.3 is 10.6 Å². The Morgan fingerprint density at radius 2 is 2.00 bits per heavy atom. The van der Waals surface area contributed by atoms with Crippen molar-refractivity contribution in [3.8, 4) is 11.8 Å². The molecule has 0 aromatic rings. The van der Waals surface area contributed by atoms with Gasteiger partial charge in [-0.2, -0.15) is 0 Å². The molecule has 0 aromatic carbocycles. The Morgan fingerprint density at radius 1 is 1.25 bits per heavy atom. The smallest absolute Gasteiger partial charge is 0.0576 e. The predicted molar refractivity (Wildman–Crippen MR) is 54.0 cm³/mol. The number of hydrogen-bond acceptors (Lipinski definition) is 2. The summed E-state index contributed by atoms with van der Waals surface area (Å²) < 4.78 is 0. The van der Waals surface area contributed by atoms with Crippen molar-refractivity contribution in [3.05, 3.63) is 0 Å². The molecular formula is C10H20N2. The minimum Gasteiger partial charge on any atom is -0.320 e. The molecular weight excluding hydrogens is 148 g/mol. The molecule has 2 nitrogen and oxygen atoms in total. The summed E-state index contributed by atoms with van der Waals surface area (Å²) in [5.74, 6) is 6.68. The first-order valence-corrected chi connectivity index (χ1v) is 4.61. The highest BCUT2D eigenvalue weighted by atomic mass is 14.9. The van der Waals surface area contributed by atoms with Crippen LogP contribution in [0.3, 0.4) is 0 Å². The topological polar surface area (TPSA) is 24.1 Å². The molecule has 0 radical (unpaired) electrons. The van der Waals surface area contributed by atoms with Crippen molar-refractivity contribution in [2.75, 3.05) is 26.7 Å². The molecule has 0 heterocycles. The molecule has 0 amide bonds. The van der Waals surface area contributed by atoms with Crippen LogP contribution in [0.5, 0.6) is 0 Å². The number of nitrogens with one attached hydrogen (secondary N) is 2. The van der Waals surface area contributed by atoms with E-state index in [4.69, 9.17) is 0 Å². The summed E-state index contributed by atoms with van der Waals surface area (Å²) in [7, 11) is 1.97. The second-order valence-corrected chi connectivity index (χ2v) is 3.11. The van der Waals surface area contributed by atoms with E-state index in [0.29, 0.717) is 5.92 Å². The van der Waals surface area contributed by atoms with Gasteiger partial charge in [-0.05, 0) is 26.6 Å². The van der Waals surface area contributed by atoms with E-state index in [-0.39, 0.29) is 0 Å². The normalized spacial score (nSPS) is 9.67. The minimum absolute atomic E-state index is 0.490. The molecule has 2 heteroatoms. The van der Waals surface area contributed by atoms with E-state index >= 15 is 0 Å². The summed E-state index contributed by atoms with van der Waals surface area (Å²) in [6, 6.07) is 0. The second-order valence-electron chi connectivity index (χ2n) is 3.11. The van der Waals surface area contributed by atoms with Crippen LogP contribution in [0.25, 0.3) is 0 Å². The van der Waals surface area contributed by atoms with Gasteiger partial charge in [0, 0.05) is 5.92 Å². The van der Waals surface area contributed by atoms with Gasteiger partial charge in [0.05, 0.1) is 6.54 Å². The van der Waals surface area contributed by atoms with Crippen molar-refractivity contribution >= 4 is 0 Å². The summed E-state index contributed by atoms with van der Waals surface area (Å²) in [6.45, 7) is 7.15. The first kappa shape index (κ1) is 11.5. The van der Waals surface area contributed by atoms with E-state index < -0.39 is 0 Å². The molecule has 2 N–H and O–H groups in total. The molecule has 0 aromatic heterocycles. The number of hydrogen-bond donors (Lipinski definition) is 2. The molecule has 0 aliphatic heterocycles. The van der Waals surface area contributed by atoms with Crippen LogP contribution in [0.1, 0.15) is 20.3 Å². The summed E-state index contributed by atoms with van der Waals surface area (Å²) in [5.41, 5.74) is 0. The SMILES string of the molecule is CNCCCNCC#CC(C)C. The fraction of sp³-hybridized carbons (Fsp3) is 0.800. The maximum absolute atomic E-state index is 3.26. The van der Waals surface area contributed by atoms with Crippen LogP contribution in [0.15, 0.2) is 0 Å². The molecule has 0 rings (SSSR count). The monoisotopic (exact) mass is 168 g/mol. The summed E-state index contributed by atoms with van der Waals surface area (Å²) in [5, 5.41) is 6.36. The van der Waals surface area contributed by atoms with Gasteiger partial charge in [0.25, 0.3) is 0 Å². The predicted octanol–water partition coefficient (Wildman–Crippen LogP) is 0.845. The molecule has 0 bridgehead atoms. The first-order valence-electron chi connectivity index (χ1n) is 4.61. The summed E-state index contributed by atoms with van der Waals surface area (Å²) in [4.78, 5) is 0. The molecule has 0 atom stereocenters. The third kappa shape index (κ3) is 9.48. The van der Waals surface area contributed by atoms with E-state index in [0.717, 1.165) is 19.6 Å². The lowest BCUT2D eigenvalue weighted by atomic mass is 10.2. The van der Waals surface area contributed by atoms with Gasteiger partial charge in [-0.3, -0.25) is 0 Å². The Balaban J connectivity index is 3.07. The van der Waals surface area contributed by atoms with Gasteiger partial charge in [-0.15, -0.1) is 0 Å². The van der Waals surface area contributed by atoms with Crippen LogP contribution in [0, 0.1) is 17.8 Å². The maximum atomic E-state index is 3.26. The van der Waals surface area contributed by atoms with E-state index in [1.54, 1.807) is 0 Å². The average Bonchev–Trinajstić information content (AvgIpc) is 2.02. The lowest BCUT2D eigenvalue weighted by Crippen LogP contribution is -2.19. The van der Waals surface area contributed by atoms with Gasteiger partial charge in [0.2, 0.25) is 0 Å². The van der Waals surface area contributed by atoms with Gasteiger partial charge >= 0.3 is 0 Å². The molecule has 0 saturated heterocycles. The zero-order valence-electron chi connectivity index (χ0n) is 8.41. The van der Waals surface area contributed by atoms with Crippen LogP contribution in [-0.2, 0) is 0 Å². The van der Waals surface area contributed by atoms with Gasteiger partial charge in [-0.1, -0.05) is 25.7 Å². The van der Waals surface area contributed by atoms with Gasteiger partial charge in [0.1, 0.15) is 0 Å². The lowest BCUT2D eigenvalue weighted by Gasteiger charge is -1.99. The third-order valence-electron chi connectivity index (χ3n) is 1.38. The molecule has 0 aliphatic carbocycles. The Labute approximate surface area is 76.1 Å². The second kappa shape index (κ2) is 8.58. The van der Waals surface area contributed by atoms with E-state index in [2.05, 4.69) is 36.3 Å². The van der Waals surface area contributed by atoms with Crippen LogP contribution >= 0.6 is 0 Å². The van der Waals surface area contributed by atoms with Crippen LogP contribution in [0.2, 0.25) is 0 Å². The van der Waals surface area contributed by atoms with Crippen LogP contribution in [-0.4, -0.2) is 26.7 Å². The average molecular weight is 168 g/mol. The molecule has 0 aliphatic rings. The molecule has 0 unspecified atom stereocenters. The fourth-order valence-electron chi connectivity index (χ4n) is 0.796. The van der Waals surface area contributed by atoms with E-state index in [1.165, 1.54) is 6.42 Å². The van der Waals surface area contributed by atoms with Crippen molar-refractivity contribution in [3.63, 3.8) is 0 Å². The van der Waals surface area contributed by atoms with Crippen LogP contribution in [0.4, 0.5) is 0 Å². The lowest BCUT2D eigenvalue weighted by molar-refractivity contribution is 0.659. The highest BCUT2D eigenvalue weighted by molar-refractivity contribution is 5.02. The van der Waals surface area contributed by atoms with Crippen molar-refractivity contribution in [2.45, 2.75) is 20.3 Å². The van der Waals surface area contributed by atoms with E-state index in [9.17, 15) is 0 Å². The maximum Gasteiger partial charge on any atom is 0.0576 e. The molecule has 0 spiro atoms. The molecule has 0 saturated carbocycles. The molecule has 0 fully saturated rings. The molecule has 12 heavy (non-hydrogen) atoms. The number of rotatable bonds is 5. The van der Waals surface area contributed by atoms with Gasteiger partial charge in [-0.25, -0.2) is 0 Å². The zero-order valence-corrected chi connectivity index (χ0v) is 8.41. The van der Waals surface area contributed by atoms with Crippen molar-refractivity contribution in [2.24, 2.45) is 5.92 Å². The minimum atomic E-state index is 0.490. The largest absolute Gasteiger partial charge is 0.320 e. The van der Waals surface area contributed by atoms with Gasteiger partial charge in [0.15, 0.2) is 0 Å². The summed E-state index contributed by atoms with van der Waals surface area (Å²) in [6.07, 6.45) is 1.17. The fourth-order valence-corrected chi connectivity index (χ4v) is 0.796. The summed E-state index contributed by atoms with van der Waals surface area (Å²) >= 11 is 0. The Bertz CT molecular complexity index is 142. The first-order chi connectivity index (χ1) is 5.77. The van der Waals surface area contributed by atoms with E-state index in [1.807, 2.05) is 7.05 Å². The highest BCUT2D eigenvalue weighted by Gasteiger charge is 1.84. The Morgan fingerprint density at radius 3 is 2.58 bits per heavy atom. The molecule has 70 valence electrons. The van der Waals surface area contributed by atoms with Crippen molar-refractivity contribution < 1.29 is 0 Å².